The third-order valence-electron chi connectivity index (χ3n) is 5.57. The van der Waals surface area contributed by atoms with Crippen LogP contribution in [0.4, 0.5) is 5.69 Å². The van der Waals surface area contributed by atoms with Crippen LogP contribution in [0, 0.1) is 5.92 Å². The number of ether oxygens (including phenoxy) is 1. The number of carbonyl (C=O) groups excluding carboxylic acids is 3. The van der Waals surface area contributed by atoms with Crippen LogP contribution in [-0.2, 0) is 14.3 Å². The van der Waals surface area contributed by atoms with Gasteiger partial charge in [-0.1, -0.05) is 6.92 Å². The fraction of sp³-hybridized carbons (Fsp3) is 0.550. The highest BCUT2D eigenvalue weighted by molar-refractivity contribution is 5.99. The smallest absolute Gasteiger partial charge is 0.331 e. The van der Waals surface area contributed by atoms with Crippen molar-refractivity contribution in [3.63, 3.8) is 0 Å². The van der Waals surface area contributed by atoms with Crippen molar-refractivity contribution in [2.45, 2.75) is 51.0 Å². The van der Waals surface area contributed by atoms with Gasteiger partial charge in [0, 0.05) is 24.2 Å². The molecule has 0 atom stereocenters. The van der Waals surface area contributed by atoms with Crippen molar-refractivity contribution in [3.8, 4) is 0 Å². The fourth-order valence-electron chi connectivity index (χ4n) is 3.83. The molecule has 140 valence electrons. The molecule has 1 heterocycles. The van der Waals surface area contributed by atoms with Gasteiger partial charge in [-0.3, -0.25) is 9.59 Å². The first-order valence-electron chi connectivity index (χ1n) is 9.26. The first kappa shape index (κ1) is 18.4. The number of hydrogen-bond donors (Lipinski definition) is 1. The van der Waals surface area contributed by atoms with Gasteiger partial charge in [0.05, 0.1) is 7.11 Å². The molecule has 6 heteroatoms. The molecule has 1 aliphatic carbocycles. The first-order valence-corrected chi connectivity index (χ1v) is 9.26. The van der Waals surface area contributed by atoms with Crippen molar-refractivity contribution in [1.82, 2.24) is 5.32 Å². The average Bonchev–Trinajstić information content (AvgIpc) is 3.09. The van der Waals surface area contributed by atoms with Crippen LogP contribution in [0.3, 0.4) is 0 Å². The minimum absolute atomic E-state index is 0.114. The van der Waals surface area contributed by atoms with E-state index in [2.05, 4.69) is 12.2 Å². The Morgan fingerprint density at radius 2 is 1.85 bits per heavy atom. The van der Waals surface area contributed by atoms with Crippen molar-refractivity contribution in [3.05, 3.63) is 29.8 Å². The van der Waals surface area contributed by atoms with Crippen LogP contribution in [-0.4, -0.2) is 37.0 Å². The summed E-state index contributed by atoms with van der Waals surface area (Å²) < 4.78 is 4.97. The average molecular weight is 358 g/mol. The van der Waals surface area contributed by atoms with E-state index in [1.165, 1.54) is 7.11 Å². The molecule has 1 saturated carbocycles. The summed E-state index contributed by atoms with van der Waals surface area (Å²) in [7, 11) is 1.36. The van der Waals surface area contributed by atoms with Crippen LogP contribution in [0.1, 0.15) is 55.8 Å². The molecule has 26 heavy (non-hydrogen) atoms. The van der Waals surface area contributed by atoms with Gasteiger partial charge in [0.25, 0.3) is 5.91 Å². The van der Waals surface area contributed by atoms with Gasteiger partial charge in [-0.15, -0.1) is 0 Å². The molecule has 2 aliphatic rings. The Hall–Kier alpha value is -2.37. The Bertz CT molecular complexity index is 690. The molecule has 1 aromatic carbocycles. The molecule has 1 aliphatic heterocycles. The zero-order valence-electron chi connectivity index (χ0n) is 15.4. The predicted molar refractivity (Wildman–Crippen MR) is 97.9 cm³/mol. The van der Waals surface area contributed by atoms with Crippen molar-refractivity contribution in [2.24, 2.45) is 5.92 Å². The number of hydrogen-bond acceptors (Lipinski definition) is 4. The second kappa shape index (κ2) is 7.48. The van der Waals surface area contributed by atoms with Crippen LogP contribution in [0.25, 0.3) is 0 Å². The van der Waals surface area contributed by atoms with Crippen LogP contribution in [0.2, 0.25) is 0 Å². The van der Waals surface area contributed by atoms with Gasteiger partial charge in [-0.05, 0) is 62.3 Å². The predicted octanol–water partition coefficient (Wildman–Crippen LogP) is 2.67. The zero-order chi connectivity index (χ0) is 18.7. The van der Waals surface area contributed by atoms with Crippen molar-refractivity contribution < 1.29 is 19.1 Å². The summed E-state index contributed by atoms with van der Waals surface area (Å²) in [6.45, 7) is 2.87. The van der Waals surface area contributed by atoms with E-state index in [4.69, 9.17) is 4.74 Å². The van der Waals surface area contributed by atoms with E-state index in [-0.39, 0.29) is 17.8 Å². The standard InChI is InChI=1S/C20H26N2O4/c1-14-9-11-20(12-10-14,19(25)26-2)21-18(24)15-5-7-16(8-6-15)22-13-3-4-17(22)23/h5-8,14H,3-4,9-13H2,1-2H3,(H,21,24). The van der Waals surface area contributed by atoms with Crippen molar-refractivity contribution in [2.75, 3.05) is 18.6 Å². The van der Waals surface area contributed by atoms with E-state index in [1.54, 1.807) is 29.2 Å². The first-order chi connectivity index (χ1) is 12.4. The molecule has 6 nitrogen and oxygen atoms in total. The van der Waals surface area contributed by atoms with Gasteiger partial charge in [0.15, 0.2) is 0 Å². The van der Waals surface area contributed by atoms with E-state index in [9.17, 15) is 14.4 Å². The molecular weight excluding hydrogens is 332 g/mol. The van der Waals surface area contributed by atoms with Gasteiger partial charge in [0.1, 0.15) is 5.54 Å². The lowest BCUT2D eigenvalue weighted by atomic mass is 9.77. The number of rotatable bonds is 4. The van der Waals surface area contributed by atoms with E-state index in [0.717, 1.165) is 24.9 Å². The molecule has 0 radical (unpaired) electrons. The maximum absolute atomic E-state index is 12.7. The number of nitrogens with one attached hydrogen (secondary N) is 1. The van der Waals surface area contributed by atoms with Crippen molar-refractivity contribution >= 4 is 23.5 Å². The summed E-state index contributed by atoms with van der Waals surface area (Å²) in [6, 6.07) is 6.97. The van der Waals surface area contributed by atoms with Crippen molar-refractivity contribution in [1.29, 1.82) is 0 Å². The van der Waals surface area contributed by atoms with E-state index >= 15 is 0 Å². The number of carbonyl (C=O) groups is 3. The van der Waals surface area contributed by atoms with Crippen LogP contribution in [0.5, 0.6) is 0 Å². The minimum Gasteiger partial charge on any atom is -0.467 e. The van der Waals surface area contributed by atoms with Crippen LogP contribution in [0.15, 0.2) is 24.3 Å². The molecule has 1 saturated heterocycles. The largest absolute Gasteiger partial charge is 0.467 e. The summed E-state index contributed by atoms with van der Waals surface area (Å²) in [5.41, 5.74) is 0.336. The zero-order valence-corrected chi connectivity index (χ0v) is 15.4. The number of benzene rings is 1. The summed E-state index contributed by atoms with van der Waals surface area (Å²) in [6.07, 6.45) is 4.38. The lowest BCUT2D eigenvalue weighted by Gasteiger charge is -2.37. The number of esters is 1. The lowest BCUT2D eigenvalue weighted by molar-refractivity contribution is -0.150. The van der Waals surface area contributed by atoms with Crippen LogP contribution >= 0.6 is 0 Å². The molecule has 2 fully saturated rings. The van der Waals surface area contributed by atoms with E-state index < -0.39 is 5.54 Å². The maximum atomic E-state index is 12.7. The Kier molecular flexibility index (Phi) is 5.30. The monoisotopic (exact) mass is 358 g/mol. The number of methoxy groups -OCH3 is 1. The summed E-state index contributed by atoms with van der Waals surface area (Å²) in [5.74, 6) is -0.00794. The normalized spacial score (nSPS) is 25.8. The second-order valence-corrected chi connectivity index (χ2v) is 7.41. The number of amides is 2. The summed E-state index contributed by atoms with van der Waals surface area (Å²) in [5, 5.41) is 2.92. The molecule has 0 unspecified atom stereocenters. The Morgan fingerprint density at radius 1 is 1.19 bits per heavy atom. The molecule has 1 N–H and O–H groups in total. The van der Waals surface area contributed by atoms with Gasteiger partial charge < -0.3 is 15.0 Å². The SMILES string of the molecule is COC(=O)C1(NC(=O)c2ccc(N3CCCC3=O)cc2)CCC(C)CC1. The fourth-order valence-corrected chi connectivity index (χ4v) is 3.83. The summed E-state index contributed by atoms with van der Waals surface area (Å²) in [4.78, 5) is 38.6. The second-order valence-electron chi connectivity index (χ2n) is 7.41. The highest BCUT2D eigenvalue weighted by Gasteiger charge is 2.43. The molecule has 0 spiro atoms. The maximum Gasteiger partial charge on any atom is 0.331 e. The molecule has 1 aromatic rings. The van der Waals surface area contributed by atoms with Gasteiger partial charge in [-0.2, -0.15) is 0 Å². The molecule has 0 aromatic heterocycles. The number of nitrogens with zero attached hydrogens (tertiary/aromatic N) is 1. The third kappa shape index (κ3) is 3.59. The lowest BCUT2D eigenvalue weighted by Crippen LogP contribution is -2.56. The quantitative estimate of drug-likeness (QED) is 0.840. The van der Waals surface area contributed by atoms with Gasteiger partial charge >= 0.3 is 5.97 Å². The Morgan fingerprint density at radius 3 is 2.38 bits per heavy atom. The highest BCUT2D eigenvalue weighted by Crippen LogP contribution is 2.33. The molecule has 3 rings (SSSR count). The van der Waals surface area contributed by atoms with E-state index in [0.29, 0.717) is 37.3 Å². The van der Waals surface area contributed by atoms with Gasteiger partial charge in [0.2, 0.25) is 5.91 Å². The Balaban J connectivity index is 1.73. The Labute approximate surface area is 153 Å². The molecule has 2 amide bonds. The van der Waals surface area contributed by atoms with Gasteiger partial charge in [-0.25, -0.2) is 4.79 Å². The summed E-state index contributed by atoms with van der Waals surface area (Å²) >= 11 is 0. The number of anilines is 1. The molecule has 0 bridgehead atoms. The molecular formula is C20H26N2O4. The third-order valence-corrected chi connectivity index (χ3v) is 5.57. The minimum atomic E-state index is -0.943. The van der Waals surface area contributed by atoms with E-state index in [1.807, 2.05) is 0 Å². The van der Waals surface area contributed by atoms with Crippen LogP contribution < -0.4 is 10.2 Å². The topological polar surface area (TPSA) is 75.7 Å². The highest BCUT2D eigenvalue weighted by atomic mass is 16.5.